The van der Waals surface area contributed by atoms with Crippen molar-refractivity contribution < 1.29 is 4.52 Å². The summed E-state index contributed by atoms with van der Waals surface area (Å²) in [6.45, 7) is 0. The number of halogens is 2. The largest absolute Gasteiger partial charge is 0.390 e. The third kappa shape index (κ3) is 2.52. The first-order valence-electron chi connectivity index (χ1n) is 5.74. The van der Waals surface area contributed by atoms with E-state index in [0.29, 0.717) is 33.2 Å². The fraction of sp³-hybridized carbons (Fsp3) is 0.0769. The topological polar surface area (TPSA) is 64.9 Å². The number of nitrogen functional groups attached to an aromatic ring is 1. The summed E-state index contributed by atoms with van der Waals surface area (Å²) >= 11 is 13.7. The molecule has 102 valence electrons. The smallest absolute Gasteiger partial charge is 0.260 e. The molecule has 2 N–H and O–H groups in total. The summed E-state index contributed by atoms with van der Waals surface area (Å²) in [5, 5.41) is 7.62. The lowest BCUT2D eigenvalue weighted by Crippen LogP contribution is -1.93. The lowest BCUT2D eigenvalue weighted by Gasteiger charge is -2.02. The van der Waals surface area contributed by atoms with Crippen LogP contribution in [0.5, 0.6) is 0 Å². The maximum absolute atomic E-state index is 6.12. The van der Waals surface area contributed by atoms with Crippen molar-refractivity contribution in [2.24, 2.45) is 0 Å². The summed E-state index contributed by atoms with van der Waals surface area (Å²) in [5.41, 5.74) is 7.36. The molecule has 0 aliphatic rings. The van der Waals surface area contributed by atoms with Gasteiger partial charge in [0.05, 0.1) is 10.6 Å². The molecule has 0 radical (unpaired) electrons. The van der Waals surface area contributed by atoms with E-state index in [9.17, 15) is 0 Å². The van der Waals surface area contributed by atoms with Crippen molar-refractivity contribution in [1.82, 2.24) is 10.1 Å². The van der Waals surface area contributed by atoms with Gasteiger partial charge in [-0.1, -0.05) is 34.4 Å². The summed E-state index contributed by atoms with van der Waals surface area (Å²) in [5.74, 6) is 0.919. The first kappa shape index (κ1) is 13.4. The molecule has 0 atom stereocenters. The Morgan fingerprint density at radius 3 is 2.60 bits per heavy atom. The number of thiophene rings is 1. The zero-order valence-electron chi connectivity index (χ0n) is 10.1. The Kier molecular flexibility index (Phi) is 3.65. The maximum Gasteiger partial charge on any atom is 0.260 e. The molecule has 7 heteroatoms. The molecule has 2 heterocycles. The van der Waals surface area contributed by atoms with Crippen LogP contribution in [-0.4, -0.2) is 10.1 Å². The molecule has 0 saturated carbocycles. The number of benzene rings is 1. The quantitative estimate of drug-likeness (QED) is 0.780. The van der Waals surface area contributed by atoms with Crippen LogP contribution in [0.25, 0.3) is 11.5 Å². The zero-order chi connectivity index (χ0) is 14.1. The molecule has 0 spiro atoms. The monoisotopic (exact) mass is 325 g/mol. The van der Waals surface area contributed by atoms with Crippen LogP contribution in [-0.2, 0) is 6.42 Å². The Morgan fingerprint density at radius 1 is 1.20 bits per heavy atom. The highest BCUT2D eigenvalue weighted by Crippen LogP contribution is 2.30. The highest BCUT2D eigenvalue weighted by atomic mass is 35.5. The van der Waals surface area contributed by atoms with Gasteiger partial charge in [-0.15, -0.1) is 11.3 Å². The van der Waals surface area contributed by atoms with E-state index in [-0.39, 0.29) is 0 Å². The normalized spacial score (nSPS) is 10.9. The van der Waals surface area contributed by atoms with Gasteiger partial charge in [0.15, 0.2) is 5.82 Å². The van der Waals surface area contributed by atoms with E-state index in [0.717, 1.165) is 11.1 Å². The van der Waals surface area contributed by atoms with Crippen molar-refractivity contribution in [2.45, 2.75) is 6.42 Å². The molecule has 1 aromatic carbocycles. The van der Waals surface area contributed by atoms with Crippen LogP contribution in [0.15, 0.2) is 34.2 Å². The molecule has 0 amide bonds. The number of hydrogen-bond donors (Lipinski definition) is 1. The second kappa shape index (κ2) is 5.44. The third-order valence-electron chi connectivity index (χ3n) is 2.79. The van der Waals surface area contributed by atoms with E-state index in [4.69, 9.17) is 33.5 Å². The average Bonchev–Trinajstić information content (AvgIpc) is 3.02. The Bertz CT molecular complexity index is 733. The van der Waals surface area contributed by atoms with E-state index in [1.807, 2.05) is 11.4 Å². The lowest BCUT2D eigenvalue weighted by molar-refractivity contribution is 0.424. The summed E-state index contributed by atoms with van der Waals surface area (Å²) < 4.78 is 5.22. The van der Waals surface area contributed by atoms with Gasteiger partial charge in [-0.2, -0.15) is 4.98 Å². The van der Waals surface area contributed by atoms with E-state index < -0.39 is 0 Å². The fourth-order valence-corrected chi connectivity index (χ4v) is 2.96. The molecule has 0 aliphatic heterocycles. The molecule has 2 aromatic heterocycles. The number of nitrogens with zero attached hydrogens (tertiary/aromatic N) is 2. The Hall–Kier alpha value is -1.56. The number of aromatic nitrogens is 2. The van der Waals surface area contributed by atoms with Crippen LogP contribution in [0.4, 0.5) is 5.00 Å². The molecule has 20 heavy (non-hydrogen) atoms. The summed E-state index contributed by atoms with van der Waals surface area (Å²) in [6.07, 6.45) is 0.409. The van der Waals surface area contributed by atoms with Crippen LogP contribution in [0.2, 0.25) is 10.0 Å². The minimum absolute atomic E-state index is 0.405. The van der Waals surface area contributed by atoms with E-state index in [1.165, 1.54) is 11.3 Å². The van der Waals surface area contributed by atoms with Crippen LogP contribution >= 0.6 is 34.5 Å². The molecule has 0 unspecified atom stereocenters. The maximum atomic E-state index is 6.12. The van der Waals surface area contributed by atoms with E-state index >= 15 is 0 Å². The van der Waals surface area contributed by atoms with Gasteiger partial charge >= 0.3 is 0 Å². The van der Waals surface area contributed by atoms with Crippen molar-refractivity contribution in [3.05, 3.63) is 51.1 Å². The average molecular weight is 326 g/mol. The number of hydrogen-bond acceptors (Lipinski definition) is 5. The minimum Gasteiger partial charge on any atom is -0.390 e. The molecular weight excluding hydrogens is 317 g/mol. The minimum atomic E-state index is 0.405. The van der Waals surface area contributed by atoms with Crippen LogP contribution in [0.3, 0.4) is 0 Å². The van der Waals surface area contributed by atoms with Gasteiger partial charge < -0.3 is 10.3 Å². The molecular formula is C13H9Cl2N3OS. The van der Waals surface area contributed by atoms with Gasteiger partial charge in [0.2, 0.25) is 0 Å². The van der Waals surface area contributed by atoms with Crippen molar-refractivity contribution in [2.75, 3.05) is 5.73 Å². The van der Waals surface area contributed by atoms with Crippen molar-refractivity contribution >= 4 is 39.5 Å². The first-order valence-corrected chi connectivity index (χ1v) is 7.37. The predicted molar refractivity (Wildman–Crippen MR) is 81.3 cm³/mol. The predicted octanol–water partition coefficient (Wildman–Crippen LogP) is 4.28. The Labute approximate surface area is 129 Å². The van der Waals surface area contributed by atoms with Gasteiger partial charge in [-0.3, -0.25) is 0 Å². The molecule has 3 aromatic rings. The summed E-state index contributed by atoms with van der Waals surface area (Å²) in [4.78, 5) is 4.32. The van der Waals surface area contributed by atoms with Gasteiger partial charge in [-0.25, -0.2) is 0 Å². The highest BCUT2D eigenvalue weighted by molar-refractivity contribution is 7.14. The number of anilines is 1. The Balaban J connectivity index is 1.90. The van der Waals surface area contributed by atoms with E-state index in [2.05, 4.69) is 10.1 Å². The second-order valence-corrected chi connectivity index (χ2v) is 5.85. The molecule has 0 saturated heterocycles. The SMILES string of the molecule is Nc1sccc1-c1nc(Cc2c(Cl)cccc2Cl)no1. The second-order valence-electron chi connectivity index (χ2n) is 4.09. The molecule has 3 rings (SSSR count). The van der Waals surface area contributed by atoms with Crippen molar-refractivity contribution in [3.8, 4) is 11.5 Å². The van der Waals surface area contributed by atoms with Crippen molar-refractivity contribution in [1.29, 1.82) is 0 Å². The first-order chi connectivity index (χ1) is 9.65. The number of nitrogens with two attached hydrogens (primary N) is 1. The van der Waals surface area contributed by atoms with Crippen LogP contribution in [0, 0.1) is 0 Å². The molecule has 0 bridgehead atoms. The molecule has 4 nitrogen and oxygen atoms in total. The highest BCUT2D eigenvalue weighted by Gasteiger charge is 2.15. The molecule has 0 fully saturated rings. The number of rotatable bonds is 3. The van der Waals surface area contributed by atoms with Crippen LogP contribution < -0.4 is 5.73 Å². The summed E-state index contributed by atoms with van der Waals surface area (Å²) in [7, 11) is 0. The van der Waals surface area contributed by atoms with Gasteiger partial charge in [0.1, 0.15) is 0 Å². The third-order valence-corrected chi connectivity index (χ3v) is 4.24. The van der Waals surface area contributed by atoms with E-state index in [1.54, 1.807) is 18.2 Å². The lowest BCUT2D eigenvalue weighted by atomic mass is 10.1. The van der Waals surface area contributed by atoms with Crippen LogP contribution in [0.1, 0.15) is 11.4 Å². The zero-order valence-corrected chi connectivity index (χ0v) is 12.5. The summed E-state index contributed by atoms with van der Waals surface area (Å²) in [6, 6.07) is 7.20. The fourth-order valence-electron chi connectivity index (χ4n) is 1.79. The van der Waals surface area contributed by atoms with Gasteiger partial charge in [0.25, 0.3) is 5.89 Å². The molecule has 0 aliphatic carbocycles. The van der Waals surface area contributed by atoms with Gasteiger partial charge in [0, 0.05) is 16.5 Å². The standard InChI is InChI=1S/C13H9Cl2N3OS/c14-9-2-1-3-10(15)8(9)6-11-17-13(19-18-11)7-4-5-20-12(7)16/h1-5H,6,16H2. The van der Waals surface area contributed by atoms with Crippen molar-refractivity contribution in [3.63, 3.8) is 0 Å². The van der Waals surface area contributed by atoms with Gasteiger partial charge in [-0.05, 0) is 29.1 Å². The Morgan fingerprint density at radius 2 is 1.95 bits per heavy atom.